The van der Waals surface area contributed by atoms with E-state index in [1.807, 2.05) is 44.2 Å². The highest BCUT2D eigenvalue weighted by Crippen LogP contribution is 2.29. The lowest BCUT2D eigenvalue weighted by Crippen LogP contribution is -2.21. The number of aryl methyl sites for hydroxylation is 1. The fourth-order valence-corrected chi connectivity index (χ4v) is 2.55. The van der Waals surface area contributed by atoms with Crippen LogP contribution in [0.25, 0.3) is 6.08 Å². The summed E-state index contributed by atoms with van der Waals surface area (Å²) in [4.78, 5) is 12.4. The number of ether oxygens (including phenoxy) is 1. The van der Waals surface area contributed by atoms with Crippen molar-refractivity contribution in [1.82, 2.24) is 0 Å². The van der Waals surface area contributed by atoms with Gasteiger partial charge in [0.25, 0.3) is 5.91 Å². The van der Waals surface area contributed by atoms with E-state index in [9.17, 15) is 4.79 Å². The lowest BCUT2D eigenvalue weighted by molar-refractivity contribution is -0.113. The second kappa shape index (κ2) is 5.85. The van der Waals surface area contributed by atoms with E-state index < -0.39 is 0 Å². The lowest BCUT2D eigenvalue weighted by Gasteiger charge is -2.18. The maximum Gasteiger partial charge on any atom is 0.255 e. The summed E-state index contributed by atoms with van der Waals surface area (Å²) in [6, 6.07) is 11.2. The maximum atomic E-state index is 12.4. The van der Waals surface area contributed by atoms with Crippen molar-refractivity contribution in [1.29, 1.82) is 0 Å². The number of anilines is 1. The summed E-state index contributed by atoms with van der Waals surface area (Å²) >= 11 is 5.99. The molecule has 1 heterocycles. The van der Waals surface area contributed by atoms with Crippen molar-refractivity contribution in [3.63, 3.8) is 0 Å². The standard InChI is InChI=1S/C18H16ClNO2/c1-11-4-3-5-16(12(11)2)20-18(21)14-8-13-9-15(19)6-7-17(13)22-10-14/h3-9H,10H2,1-2H3,(H,20,21). The average Bonchev–Trinajstić information content (AvgIpc) is 2.51. The van der Waals surface area contributed by atoms with Gasteiger partial charge in [-0.2, -0.15) is 0 Å². The van der Waals surface area contributed by atoms with E-state index in [-0.39, 0.29) is 12.5 Å². The minimum Gasteiger partial charge on any atom is -0.488 e. The van der Waals surface area contributed by atoms with Crippen LogP contribution in [-0.2, 0) is 4.79 Å². The third kappa shape index (κ3) is 2.85. The van der Waals surface area contributed by atoms with Crippen LogP contribution < -0.4 is 10.1 Å². The van der Waals surface area contributed by atoms with Gasteiger partial charge in [-0.05, 0) is 55.3 Å². The molecule has 1 N–H and O–H groups in total. The van der Waals surface area contributed by atoms with E-state index in [1.54, 1.807) is 12.1 Å². The van der Waals surface area contributed by atoms with Crippen molar-refractivity contribution in [3.8, 4) is 5.75 Å². The Kier molecular flexibility index (Phi) is 3.90. The quantitative estimate of drug-likeness (QED) is 0.894. The number of amides is 1. The molecule has 0 saturated heterocycles. The van der Waals surface area contributed by atoms with Crippen molar-refractivity contribution in [2.75, 3.05) is 11.9 Å². The van der Waals surface area contributed by atoms with Crippen LogP contribution in [0, 0.1) is 13.8 Å². The highest BCUT2D eigenvalue weighted by Gasteiger charge is 2.18. The van der Waals surface area contributed by atoms with Crippen molar-refractivity contribution in [2.45, 2.75) is 13.8 Å². The third-order valence-corrected chi connectivity index (χ3v) is 4.06. The van der Waals surface area contributed by atoms with Gasteiger partial charge < -0.3 is 10.1 Å². The molecular weight excluding hydrogens is 298 g/mol. The van der Waals surface area contributed by atoms with Gasteiger partial charge in [-0.15, -0.1) is 0 Å². The predicted molar refractivity (Wildman–Crippen MR) is 89.5 cm³/mol. The van der Waals surface area contributed by atoms with Crippen LogP contribution in [0.5, 0.6) is 5.75 Å². The minimum atomic E-state index is -0.153. The number of nitrogens with one attached hydrogen (secondary N) is 1. The Labute approximate surface area is 134 Å². The Bertz CT molecular complexity index is 781. The first-order chi connectivity index (χ1) is 10.5. The molecule has 3 nitrogen and oxygen atoms in total. The molecule has 0 aliphatic carbocycles. The molecule has 0 fully saturated rings. The normalized spacial score (nSPS) is 13.0. The largest absolute Gasteiger partial charge is 0.488 e. The van der Waals surface area contributed by atoms with Crippen LogP contribution in [0.3, 0.4) is 0 Å². The molecule has 4 heteroatoms. The molecule has 1 amide bonds. The van der Waals surface area contributed by atoms with Crippen LogP contribution in [0.15, 0.2) is 42.0 Å². The number of benzene rings is 2. The molecule has 22 heavy (non-hydrogen) atoms. The molecule has 0 unspecified atom stereocenters. The molecule has 0 aromatic heterocycles. The Morgan fingerprint density at radius 1 is 1.23 bits per heavy atom. The molecule has 0 radical (unpaired) electrons. The van der Waals surface area contributed by atoms with Gasteiger partial charge in [0, 0.05) is 16.3 Å². The molecule has 2 aromatic carbocycles. The highest BCUT2D eigenvalue weighted by atomic mass is 35.5. The van der Waals surface area contributed by atoms with Gasteiger partial charge >= 0.3 is 0 Å². The van der Waals surface area contributed by atoms with E-state index in [4.69, 9.17) is 16.3 Å². The van der Waals surface area contributed by atoms with E-state index in [2.05, 4.69) is 5.32 Å². The summed E-state index contributed by atoms with van der Waals surface area (Å²) in [6.45, 7) is 4.27. The smallest absolute Gasteiger partial charge is 0.255 e. The molecule has 0 spiro atoms. The van der Waals surface area contributed by atoms with Crippen molar-refractivity contribution in [2.24, 2.45) is 0 Å². The molecule has 0 atom stereocenters. The minimum absolute atomic E-state index is 0.153. The van der Waals surface area contributed by atoms with Gasteiger partial charge in [0.1, 0.15) is 12.4 Å². The summed E-state index contributed by atoms with van der Waals surface area (Å²) in [5.74, 6) is 0.590. The first-order valence-electron chi connectivity index (χ1n) is 7.05. The van der Waals surface area contributed by atoms with E-state index >= 15 is 0 Å². The Morgan fingerprint density at radius 2 is 2.05 bits per heavy atom. The Hall–Kier alpha value is -2.26. The molecule has 0 saturated carbocycles. The second-order valence-electron chi connectivity index (χ2n) is 5.34. The number of halogens is 1. The van der Waals surface area contributed by atoms with Gasteiger partial charge in [-0.25, -0.2) is 0 Å². The zero-order valence-corrected chi connectivity index (χ0v) is 13.2. The number of carbonyl (C=O) groups excluding carboxylic acids is 1. The third-order valence-electron chi connectivity index (χ3n) is 3.83. The number of carbonyl (C=O) groups is 1. The SMILES string of the molecule is Cc1cccc(NC(=O)C2=Cc3cc(Cl)ccc3OC2)c1C. The average molecular weight is 314 g/mol. The number of rotatable bonds is 2. The second-order valence-corrected chi connectivity index (χ2v) is 5.78. The fraction of sp³-hybridized carbons (Fsp3) is 0.167. The molecular formula is C18H16ClNO2. The molecule has 1 aliphatic rings. The lowest BCUT2D eigenvalue weighted by atomic mass is 10.1. The first-order valence-corrected chi connectivity index (χ1v) is 7.43. The summed E-state index contributed by atoms with van der Waals surface area (Å²) in [7, 11) is 0. The van der Waals surface area contributed by atoms with Gasteiger partial charge in [-0.1, -0.05) is 23.7 Å². The monoisotopic (exact) mass is 313 g/mol. The van der Waals surface area contributed by atoms with Crippen LogP contribution in [0.4, 0.5) is 5.69 Å². The highest BCUT2D eigenvalue weighted by molar-refractivity contribution is 6.30. The first kappa shape index (κ1) is 14.7. The summed E-state index contributed by atoms with van der Waals surface area (Å²) in [5.41, 5.74) is 4.43. The van der Waals surface area contributed by atoms with E-state index in [0.717, 1.165) is 28.1 Å². The van der Waals surface area contributed by atoms with E-state index in [0.29, 0.717) is 10.6 Å². The summed E-state index contributed by atoms with van der Waals surface area (Å²) < 4.78 is 5.62. The van der Waals surface area contributed by atoms with Crippen LogP contribution >= 0.6 is 11.6 Å². The van der Waals surface area contributed by atoms with Crippen LogP contribution in [0.1, 0.15) is 16.7 Å². The predicted octanol–water partition coefficient (Wildman–Crippen LogP) is 4.37. The van der Waals surface area contributed by atoms with Crippen molar-refractivity contribution < 1.29 is 9.53 Å². The van der Waals surface area contributed by atoms with Crippen molar-refractivity contribution >= 4 is 29.3 Å². The molecule has 0 bridgehead atoms. The molecule has 2 aromatic rings. The molecule has 3 rings (SSSR count). The van der Waals surface area contributed by atoms with Crippen LogP contribution in [0.2, 0.25) is 5.02 Å². The number of hydrogen-bond donors (Lipinski definition) is 1. The van der Waals surface area contributed by atoms with E-state index in [1.165, 1.54) is 0 Å². The van der Waals surface area contributed by atoms with Crippen LogP contribution in [-0.4, -0.2) is 12.5 Å². The summed E-state index contributed by atoms with van der Waals surface area (Å²) in [6.07, 6.45) is 1.82. The Balaban J connectivity index is 1.85. The topological polar surface area (TPSA) is 38.3 Å². The number of fused-ring (bicyclic) bond motifs is 1. The van der Waals surface area contributed by atoms with Gasteiger partial charge in [0.05, 0.1) is 5.57 Å². The fourth-order valence-electron chi connectivity index (χ4n) is 2.37. The maximum absolute atomic E-state index is 12.4. The van der Waals surface area contributed by atoms with Gasteiger partial charge in [-0.3, -0.25) is 4.79 Å². The zero-order valence-electron chi connectivity index (χ0n) is 12.4. The summed E-state index contributed by atoms with van der Waals surface area (Å²) in [5, 5.41) is 3.57. The number of hydrogen-bond acceptors (Lipinski definition) is 2. The van der Waals surface area contributed by atoms with Gasteiger partial charge in [0.15, 0.2) is 0 Å². The van der Waals surface area contributed by atoms with Crippen molar-refractivity contribution in [3.05, 3.63) is 63.7 Å². The van der Waals surface area contributed by atoms with Gasteiger partial charge in [0.2, 0.25) is 0 Å². The molecule has 112 valence electrons. The zero-order chi connectivity index (χ0) is 15.7. The Morgan fingerprint density at radius 3 is 2.86 bits per heavy atom. The molecule has 1 aliphatic heterocycles.